The first-order valence-electron chi connectivity index (χ1n) is 9.74. The van der Waals surface area contributed by atoms with Crippen molar-refractivity contribution in [2.45, 2.75) is 25.8 Å². The number of piperidine rings is 1. The van der Waals surface area contributed by atoms with E-state index in [9.17, 15) is 4.39 Å². The predicted octanol–water partition coefficient (Wildman–Crippen LogP) is 1.66. The molecule has 150 valence electrons. The Morgan fingerprint density at radius 2 is 1.96 bits per heavy atom. The van der Waals surface area contributed by atoms with Crippen LogP contribution >= 0.6 is 0 Å². The lowest BCUT2D eigenvalue weighted by molar-refractivity contribution is 0.122. The number of hydrogen-bond acceptors (Lipinski definition) is 8. The highest BCUT2D eigenvalue weighted by Gasteiger charge is 2.28. The molecule has 9 heteroatoms. The average Bonchev–Trinajstić information content (AvgIpc) is 2.76. The lowest BCUT2D eigenvalue weighted by Crippen LogP contribution is -2.48. The summed E-state index contributed by atoms with van der Waals surface area (Å²) in [5.74, 6) is 1.66. The predicted molar refractivity (Wildman–Crippen MR) is 105 cm³/mol. The molecule has 0 aromatic carbocycles. The highest BCUT2D eigenvalue weighted by molar-refractivity contribution is 5.46. The van der Waals surface area contributed by atoms with E-state index in [0.29, 0.717) is 24.0 Å². The van der Waals surface area contributed by atoms with Gasteiger partial charge in [-0.05, 0) is 25.8 Å². The molecule has 2 fully saturated rings. The van der Waals surface area contributed by atoms with Crippen LogP contribution in [0.5, 0.6) is 0 Å². The van der Waals surface area contributed by atoms with Gasteiger partial charge in [0, 0.05) is 45.5 Å². The van der Waals surface area contributed by atoms with E-state index in [0.717, 1.165) is 51.5 Å². The Kier molecular flexibility index (Phi) is 5.52. The SMILES string of the molecule is Cc1ncnc(N2CCCC(N(C)c3nccc(N4CCOCC4)n3)C2)c1F. The molecule has 2 aliphatic heterocycles. The summed E-state index contributed by atoms with van der Waals surface area (Å²) >= 11 is 0. The van der Waals surface area contributed by atoms with Crippen molar-refractivity contribution in [1.82, 2.24) is 19.9 Å². The van der Waals surface area contributed by atoms with Gasteiger partial charge in [-0.25, -0.2) is 19.3 Å². The topological polar surface area (TPSA) is 70.5 Å². The number of aromatic nitrogens is 4. The highest BCUT2D eigenvalue weighted by Crippen LogP contribution is 2.25. The van der Waals surface area contributed by atoms with E-state index in [2.05, 4.69) is 24.8 Å². The first kappa shape index (κ1) is 18.8. The number of halogens is 1. The summed E-state index contributed by atoms with van der Waals surface area (Å²) in [4.78, 5) is 23.7. The molecule has 4 rings (SSSR count). The summed E-state index contributed by atoms with van der Waals surface area (Å²) in [7, 11) is 2.01. The largest absolute Gasteiger partial charge is 0.378 e. The van der Waals surface area contributed by atoms with Gasteiger partial charge in [-0.3, -0.25) is 0 Å². The maximum Gasteiger partial charge on any atom is 0.227 e. The molecule has 4 heterocycles. The zero-order chi connectivity index (χ0) is 19.5. The van der Waals surface area contributed by atoms with Crippen molar-refractivity contribution < 1.29 is 9.13 Å². The van der Waals surface area contributed by atoms with Crippen molar-refractivity contribution >= 4 is 17.6 Å². The maximum absolute atomic E-state index is 14.5. The molecule has 0 bridgehead atoms. The van der Waals surface area contributed by atoms with Crippen LogP contribution < -0.4 is 14.7 Å². The number of ether oxygens (including phenoxy) is 1. The Hall–Kier alpha value is -2.55. The summed E-state index contributed by atoms with van der Waals surface area (Å²) in [5.41, 5.74) is 0.377. The highest BCUT2D eigenvalue weighted by atomic mass is 19.1. The fourth-order valence-corrected chi connectivity index (χ4v) is 3.77. The van der Waals surface area contributed by atoms with Gasteiger partial charge in [-0.15, -0.1) is 0 Å². The molecule has 2 aromatic rings. The number of rotatable bonds is 4. The zero-order valence-corrected chi connectivity index (χ0v) is 16.4. The molecule has 2 saturated heterocycles. The molecule has 2 aromatic heterocycles. The minimum Gasteiger partial charge on any atom is -0.378 e. The van der Waals surface area contributed by atoms with Crippen LogP contribution in [0.4, 0.5) is 22.0 Å². The van der Waals surface area contributed by atoms with E-state index < -0.39 is 0 Å². The fraction of sp³-hybridized carbons (Fsp3) is 0.579. The molecular weight excluding hydrogens is 361 g/mol. The fourth-order valence-electron chi connectivity index (χ4n) is 3.77. The normalized spacial score (nSPS) is 20.3. The summed E-state index contributed by atoms with van der Waals surface area (Å²) in [6, 6.07) is 2.12. The van der Waals surface area contributed by atoms with Gasteiger partial charge < -0.3 is 19.4 Å². The van der Waals surface area contributed by atoms with E-state index >= 15 is 0 Å². The molecule has 0 amide bonds. The molecule has 0 spiro atoms. The van der Waals surface area contributed by atoms with Crippen molar-refractivity contribution in [3.63, 3.8) is 0 Å². The van der Waals surface area contributed by atoms with Crippen molar-refractivity contribution in [3.8, 4) is 0 Å². The lowest BCUT2D eigenvalue weighted by Gasteiger charge is -2.38. The molecule has 0 aliphatic carbocycles. The van der Waals surface area contributed by atoms with Crippen LogP contribution in [0.2, 0.25) is 0 Å². The van der Waals surface area contributed by atoms with E-state index in [1.807, 2.05) is 18.0 Å². The van der Waals surface area contributed by atoms with Crippen LogP contribution in [0.15, 0.2) is 18.6 Å². The van der Waals surface area contributed by atoms with Crippen LogP contribution in [-0.4, -0.2) is 72.4 Å². The molecule has 0 saturated carbocycles. The Bertz CT molecular complexity index is 815. The summed E-state index contributed by atoms with van der Waals surface area (Å²) in [6.07, 6.45) is 5.19. The smallest absolute Gasteiger partial charge is 0.227 e. The molecule has 8 nitrogen and oxygen atoms in total. The standard InChI is InChI=1S/C19H26FN7O/c1-14-17(20)18(23-13-22-14)27-7-3-4-15(12-27)25(2)19-21-6-5-16(24-19)26-8-10-28-11-9-26/h5-6,13,15H,3-4,7-12H2,1-2H3. The van der Waals surface area contributed by atoms with Gasteiger partial charge in [-0.1, -0.05) is 0 Å². The van der Waals surface area contributed by atoms with Crippen LogP contribution in [0.1, 0.15) is 18.5 Å². The monoisotopic (exact) mass is 387 g/mol. The summed E-state index contributed by atoms with van der Waals surface area (Å²) < 4.78 is 19.9. The second kappa shape index (κ2) is 8.22. The Morgan fingerprint density at radius 3 is 2.79 bits per heavy atom. The van der Waals surface area contributed by atoms with Crippen LogP contribution in [0.3, 0.4) is 0 Å². The van der Waals surface area contributed by atoms with Crippen LogP contribution in [-0.2, 0) is 4.74 Å². The van der Waals surface area contributed by atoms with Gasteiger partial charge in [0.2, 0.25) is 5.95 Å². The number of likely N-dealkylation sites (N-methyl/N-ethyl adjacent to an activating group) is 1. The van der Waals surface area contributed by atoms with Gasteiger partial charge in [0.15, 0.2) is 11.6 Å². The molecule has 0 radical (unpaired) electrons. The van der Waals surface area contributed by atoms with Gasteiger partial charge in [-0.2, -0.15) is 4.98 Å². The van der Waals surface area contributed by atoms with Gasteiger partial charge in [0.05, 0.1) is 18.9 Å². The number of nitrogens with zero attached hydrogens (tertiary/aromatic N) is 7. The number of morpholine rings is 1. The first-order valence-corrected chi connectivity index (χ1v) is 9.74. The Balaban J connectivity index is 1.50. The number of aryl methyl sites for hydroxylation is 1. The van der Waals surface area contributed by atoms with Crippen molar-refractivity contribution in [2.24, 2.45) is 0 Å². The molecule has 28 heavy (non-hydrogen) atoms. The van der Waals surface area contributed by atoms with Gasteiger partial charge >= 0.3 is 0 Å². The van der Waals surface area contributed by atoms with E-state index in [4.69, 9.17) is 9.72 Å². The zero-order valence-electron chi connectivity index (χ0n) is 16.4. The quantitative estimate of drug-likeness (QED) is 0.785. The minimum atomic E-state index is -0.337. The van der Waals surface area contributed by atoms with Crippen LogP contribution in [0, 0.1) is 12.7 Å². The molecular formula is C19H26FN7O. The maximum atomic E-state index is 14.5. The van der Waals surface area contributed by atoms with E-state index in [-0.39, 0.29) is 11.9 Å². The van der Waals surface area contributed by atoms with Crippen LogP contribution in [0.25, 0.3) is 0 Å². The Morgan fingerprint density at radius 1 is 1.14 bits per heavy atom. The average molecular weight is 387 g/mol. The second-order valence-corrected chi connectivity index (χ2v) is 7.26. The second-order valence-electron chi connectivity index (χ2n) is 7.26. The number of anilines is 3. The van der Waals surface area contributed by atoms with Gasteiger partial charge in [0.25, 0.3) is 0 Å². The summed E-state index contributed by atoms with van der Waals surface area (Å²) in [5, 5.41) is 0. The lowest BCUT2D eigenvalue weighted by atomic mass is 10.0. The molecule has 1 atom stereocenters. The van der Waals surface area contributed by atoms with E-state index in [1.165, 1.54) is 6.33 Å². The van der Waals surface area contributed by atoms with Crippen molar-refractivity contribution in [3.05, 3.63) is 30.1 Å². The Labute approximate surface area is 164 Å². The third-order valence-corrected chi connectivity index (χ3v) is 5.47. The van der Waals surface area contributed by atoms with E-state index in [1.54, 1.807) is 13.1 Å². The third-order valence-electron chi connectivity index (χ3n) is 5.47. The molecule has 1 unspecified atom stereocenters. The third kappa shape index (κ3) is 3.84. The van der Waals surface area contributed by atoms with Crippen molar-refractivity contribution in [2.75, 3.05) is 61.1 Å². The van der Waals surface area contributed by atoms with Gasteiger partial charge in [0.1, 0.15) is 12.1 Å². The van der Waals surface area contributed by atoms with Crippen molar-refractivity contribution in [1.29, 1.82) is 0 Å². The summed E-state index contributed by atoms with van der Waals surface area (Å²) in [6.45, 7) is 6.24. The first-order chi connectivity index (χ1) is 13.6. The molecule has 2 aliphatic rings. The number of hydrogen-bond donors (Lipinski definition) is 0. The molecule has 0 N–H and O–H groups in total. The minimum absolute atomic E-state index is 0.184.